The number of nitrogens with zero attached hydrogens (tertiary/aromatic N) is 1. The van der Waals surface area contributed by atoms with E-state index in [1.165, 1.54) is 5.56 Å². The molecule has 3 nitrogen and oxygen atoms in total. The minimum Gasteiger partial charge on any atom is -0.376 e. The summed E-state index contributed by atoms with van der Waals surface area (Å²) < 4.78 is 5.73. The molecule has 0 radical (unpaired) electrons. The number of benzene rings is 1. The summed E-state index contributed by atoms with van der Waals surface area (Å²) in [6.45, 7) is 6.54. The lowest BCUT2D eigenvalue weighted by Crippen LogP contribution is -2.42. The van der Waals surface area contributed by atoms with E-state index in [0.717, 1.165) is 37.4 Å². The Hall–Kier alpha value is -1.06. The zero-order valence-corrected chi connectivity index (χ0v) is 14.1. The molecule has 1 unspecified atom stereocenters. The molecule has 0 N–H and O–H groups in total. The molecule has 2 heterocycles. The Kier molecular flexibility index (Phi) is 4.47. The summed E-state index contributed by atoms with van der Waals surface area (Å²) in [5.41, 5.74) is 1.11. The van der Waals surface area contributed by atoms with Crippen molar-refractivity contribution in [2.24, 2.45) is 5.92 Å². The molecule has 22 heavy (non-hydrogen) atoms. The van der Waals surface area contributed by atoms with E-state index in [2.05, 4.69) is 26.0 Å². The number of hydrogen-bond donors (Lipinski definition) is 0. The molecule has 2 saturated heterocycles. The van der Waals surface area contributed by atoms with Crippen LogP contribution in [0.15, 0.2) is 24.3 Å². The fourth-order valence-corrected chi connectivity index (χ4v) is 3.79. The van der Waals surface area contributed by atoms with Crippen molar-refractivity contribution in [3.63, 3.8) is 0 Å². The number of amides is 1. The second-order valence-electron chi connectivity index (χ2n) is 7.12. The Balaban J connectivity index is 1.62. The van der Waals surface area contributed by atoms with Gasteiger partial charge in [-0.25, -0.2) is 0 Å². The maximum Gasteiger partial charge on any atom is 0.225 e. The number of ether oxygens (including phenoxy) is 1. The van der Waals surface area contributed by atoms with Crippen LogP contribution in [0.1, 0.15) is 44.6 Å². The Morgan fingerprint density at radius 2 is 2.00 bits per heavy atom. The van der Waals surface area contributed by atoms with Crippen LogP contribution in [0, 0.1) is 5.92 Å². The quantitative estimate of drug-likeness (QED) is 0.827. The third-order valence-electron chi connectivity index (χ3n) is 4.89. The average molecular weight is 322 g/mol. The molecule has 4 heteroatoms. The van der Waals surface area contributed by atoms with Crippen molar-refractivity contribution in [3.8, 4) is 0 Å². The Labute approximate surface area is 137 Å². The third kappa shape index (κ3) is 3.47. The van der Waals surface area contributed by atoms with Crippen molar-refractivity contribution in [1.82, 2.24) is 4.90 Å². The number of rotatable bonds is 2. The lowest BCUT2D eigenvalue weighted by Gasteiger charge is -2.36. The number of likely N-dealkylation sites (tertiary alicyclic amines) is 1. The van der Waals surface area contributed by atoms with Crippen LogP contribution in [0.3, 0.4) is 0 Å². The molecule has 0 spiro atoms. The van der Waals surface area contributed by atoms with Crippen LogP contribution in [0.5, 0.6) is 0 Å². The first-order valence-corrected chi connectivity index (χ1v) is 8.51. The van der Waals surface area contributed by atoms with E-state index < -0.39 is 0 Å². The van der Waals surface area contributed by atoms with Gasteiger partial charge < -0.3 is 9.64 Å². The van der Waals surface area contributed by atoms with Crippen molar-refractivity contribution in [1.29, 1.82) is 0 Å². The first kappa shape index (κ1) is 15.8. The van der Waals surface area contributed by atoms with E-state index in [4.69, 9.17) is 16.3 Å². The lowest BCUT2D eigenvalue weighted by molar-refractivity contribution is -0.144. The van der Waals surface area contributed by atoms with Gasteiger partial charge in [-0.1, -0.05) is 23.7 Å². The third-order valence-corrected chi connectivity index (χ3v) is 5.14. The number of hydrogen-bond acceptors (Lipinski definition) is 2. The highest BCUT2D eigenvalue weighted by Gasteiger charge is 2.37. The van der Waals surface area contributed by atoms with Crippen molar-refractivity contribution in [2.45, 2.75) is 44.6 Å². The molecule has 2 aliphatic heterocycles. The first-order chi connectivity index (χ1) is 10.4. The second-order valence-corrected chi connectivity index (χ2v) is 7.56. The van der Waals surface area contributed by atoms with Crippen LogP contribution in [0.25, 0.3) is 0 Å². The Morgan fingerprint density at radius 3 is 2.68 bits per heavy atom. The zero-order chi connectivity index (χ0) is 15.7. The molecule has 0 aliphatic carbocycles. The van der Waals surface area contributed by atoms with Crippen molar-refractivity contribution < 1.29 is 9.53 Å². The van der Waals surface area contributed by atoms with Gasteiger partial charge in [-0.3, -0.25) is 4.79 Å². The van der Waals surface area contributed by atoms with Crippen LogP contribution in [0.2, 0.25) is 5.02 Å². The predicted molar refractivity (Wildman–Crippen MR) is 88.1 cm³/mol. The van der Waals surface area contributed by atoms with E-state index in [1.807, 2.05) is 17.0 Å². The normalized spacial score (nSPS) is 27.9. The maximum atomic E-state index is 12.8. The van der Waals surface area contributed by atoms with Crippen LogP contribution in [0.4, 0.5) is 0 Å². The van der Waals surface area contributed by atoms with Crippen LogP contribution in [-0.4, -0.2) is 36.1 Å². The molecule has 2 fully saturated rings. The summed E-state index contributed by atoms with van der Waals surface area (Å²) in [5.74, 6) is 0.870. The van der Waals surface area contributed by atoms with Gasteiger partial charge >= 0.3 is 0 Å². The smallest absolute Gasteiger partial charge is 0.225 e. The summed E-state index contributed by atoms with van der Waals surface area (Å²) in [6, 6.07) is 8.03. The van der Waals surface area contributed by atoms with E-state index in [1.54, 1.807) is 0 Å². The predicted octanol–water partition coefficient (Wildman–Crippen LogP) is 3.86. The molecule has 0 saturated carbocycles. The van der Waals surface area contributed by atoms with Crippen LogP contribution < -0.4 is 0 Å². The summed E-state index contributed by atoms with van der Waals surface area (Å²) in [6.07, 6.45) is 2.72. The Morgan fingerprint density at radius 1 is 1.27 bits per heavy atom. The molecule has 0 bridgehead atoms. The van der Waals surface area contributed by atoms with Gasteiger partial charge in [-0.15, -0.1) is 0 Å². The summed E-state index contributed by atoms with van der Waals surface area (Å²) in [7, 11) is 0. The molecule has 120 valence electrons. The molecular weight excluding hydrogens is 298 g/mol. The molecule has 1 aromatic rings. The molecule has 0 aromatic heterocycles. The van der Waals surface area contributed by atoms with Gasteiger partial charge in [0, 0.05) is 36.6 Å². The largest absolute Gasteiger partial charge is 0.376 e. The standard InChI is InChI=1S/C18H24ClNO2/c1-18(2)11-14(8-10-22-18)17(21)20-9-7-15(12-20)13-3-5-16(19)6-4-13/h3-6,14-15H,7-12H2,1-2H3/t14?,15-/m0/s1. The van der Waals surface area contributed by atoms with E-state index in [-0.39, 0.29) is 11.5 Å². The monoisotopic (exact) mass is 321 g/mol. The highest BCUT2D eigenvalue weighted by atomic mass is 35.5. The van der Waals surface area contributed by atoms with Gasteiger partial charge in [0.15, 0.2) is 0 Å². The molecule has 1 aromatic carbocycles. The van der Waals surface area contributed by atoms with Gasteiger partial charge in [0.05, 0.1) is 5.60 Å². The van der Waals surface area contributed by atoms with Gasteiger partial charge in [0.25, 0.3) is 0 Å². The lowest BCUT2D eigenvalue weighted by atomic mass is 9.87. The van der Waals surface area contributed by atoms with Crippen LogP contribution >= 0.6 is 11.6 Å². The molecule has 1 amide bonds. The fraction of sp³-hybridized carbons (Fsp3) is 0.611. The van der Waals surface area contributed by atoms with Crippen LogP contribution in [-0.2, 0) is 9.53 Å². The van der Waals surface area contributed by atoms with E-state index >= 15 is 0 Å². The Bertz CT molecular complexity index is 541. The minimum atomic E-state index is -0.173. The van der Waals surface area contributed by atoms with E-state index in [0.29, 0.717) is 18.4 Å². The van der Waals surface area contributed by atoms with Gasteiger partial charge in [0.2, 0.25) is 5.91 Å². The summed E-state index contributed by atoms with van der Waals surface area (Å²) >= 11 is 5.95. The SMILES string of the molecule is CC1(C)CC(C(=O)N2CC[C@H](c3ccc(Cl)cc3)C2)CCO1. The highest BCUT2D eigenvalue weighted by Crippen LogP contribution is 2.33. The topological polar surface area (TPSA) is 29.5 Å². The van der Waals surface area contributed by atoms with Crippen molar-refractivity contribution in [3.05, 3.63) is 34.9 Å². The molecular formula is C18H24ClNO2. The molecule has 2 aliphatic rings. The van der Waals surface area contributed by atoms with Crippen molar-refractivity contribution in [2.75, 3.05) is 19.7 Å². The van der Waals surface area contributed by atoms with Crippen molar-refractivity contribution >= 4 is 17.5 Å². The summed E-state index contributed by atoms with van der Waals surface area (Å²) in [4.78, 5) is 14.8. The number of carbonyl (C=O) groups excluding carboxylic acids is 1. The van der Waals surface area contributed by atoms with Gasteiger partial charge in [-0.05, 0) is 50.8 Å². The average Bonchev–Trinajstić information content (AvgIpc) is 2.96. The summed E-state index contributed by atoms with van der Waals surface area (Å²) in [5, 5.41) is 0.763. The molecule has 2 atom stereocenters. The highest BCUT2D eigenvalue weighted by molar-refractivity contribution is 6.30. The first-order valence-electron chi connectivity index (χ1n) is 8.13. The van der Waals surface area contributed by atoms with Gasteiger partial charge in [-0.2, -0.15) is 0 Å². The van der Waals surface area contributed by atoms with Gasteiger partial charge in [0.1, 0.15) is 0 Å². The second kappa shape index (κ2) is 6.21. The fourth-order valence-electron chi connectivity index (χ4n) is 3.67. The zero-order valence-electron chi connectivity index (χ0n) is 13.3. The maximum absolute atomic E-state index is 12.8. The van der Waals surface area contributed by atoms with E-state index in [9.17, 15) is 4.79 Å². The minimum absolute atomic E-state index is 0.118. The molecule has 3 rings (SSSR count). The number of carbonyl (C=O) groups is 1. The number of halogens is 1.